The van der Waals surface area contributed by atoms with Crippen LogP contribution in [-0.4, -0.2) is 23.3 Å². The van der Waals surface area contributed by atoms with E-state index in [1.165, 1.54) is 0 Å². The molecule has 0 N–H and O–H groups in total. The fraction of sp³-hybridized carbons (Fsp3) is 0.588. The van der Waals surface area contributed by atoms with Crippen molar-refractivity contribution >= 4 is 13.2 Å². The molecule has 0 amide bonds. The smallest absolute Gasteiger partial charge is 0.400 e. The topological polar surface area (TPSA) is 31.4 Å². The van der Waals surface area contributed by atoms with Gasteiger partial charge in [0.1, 0.15) is 0 Å². The van der Waals surface area contributed by atoms with Crippen molar-refractivity contribution in [1.29, 1.82) is 0 Å². The molecule has 1 fully saturated rings. The molecule has 1 saturated heterocycles. The van der Waals surface area contributed by atoms with Gasteiger partial charge in [-0.25, -0.2) is 0 Å². The lowest BCUT2D eigenvalue weighted by molar-refractivity contribution is 0.00578. The largest absolute Gasteiger partial charge is 0.487 e. The van der Waals surface area contributed by atoms with Gasteiger partial charge >= 0.3 is 7.12 Å². The second kappa shape index (κ2) is 5.26. The van der Waals surface area contributed by atoms with Gasteiger partial charge in [0, 0.05) is 17.3 Å². The molecule has 4 heteroatoms. The first kappa shape index (κ1) is 16.2. The molecule has 0 aromatic carbocycles. The van der Waals surface area contributed by atoms with Crippen molar-refractivity contribution in [3.05, 3.63) is 35.6 Å². The minimum atomic E-state index is -0.304. The van der Waals surface area contributed by atoms with Gasteiger partial charge < -0.3 is 9.31 Å². The molecule has 2 heterocycles. The minimum absolute atomic E-state index is 0.0498. The molecule has 1 aliphatic rings. The van der Waals surface area contributed by atoms with Crippen molar-refractivity contribution in [3.63, 3.8) is 0 Å². The zero-order valence-corrected chi connectivity index (χ0v) is 14.2. The van der Waals surface area contributed by atoms with Gasteiger partial charge in [0.25, 0.3) is 0 Å². The maximum absolute atomic E-state index is 5.96. The van der Waals surface area contributed by atoms with E-state index in [1.54, 1.807) is 0 Å². The second-order valence-corrected chi connectivity index (χ2v) is 7.71. The molecule has 1 aromatic heterocycles. The Labute approximate surface area is 128 Å². The number of aromatic nitrogens is 1. The molecule has 1 aliphatic heterocycles. The molecule has 0 radical (unpaired) electrons. The lowest BCUT2D eigenvalue weighted by Gasteiger charge is -2.32. The third-order valence-electron chi connectivity index (χ3n) is 4.27. The first-order valence-corrected chi connectivity index (χ1v) is 7.52. The highest BCUT2D eigenvalue weighted by Crippen LogP contribution is 2.37. The lowest BCUT2D eigenvalue weighted by Crippen LogP contribution is -2.41. The molecule has 21 heavy (non-hydrogen) atoms. The van der Waals surface area contributed by atoms with Crippen molar-refractivity contribution in [2.24, 2.45) is 0 Å². The monoisotopic (exact) mass is 287 g/mol. The predicted octanol–water partition coefficient (Wildman–Crippen LogP) is 4.02. The Hall–Kier alpha value is -1.13. The Morgan fingerprint density at radius 2 is 1.67 bits per heavy atom. The van der Waals surface area contributed by atoms with Crippen LogP contribution in [0.3, 0.4) is 0 Å². The van der Waals surface area contributed by atoms with Crippen LogP contribution in [0.5, 0.6) is 0 Å². The van der Waals surface area contributed by atoms with Crippen LogP contribution in [0.15, 0.2) is 24.3 Å². The molecule has 0 unspecified atom stereocenters. The van der Waals surface area contributed by atoms with Crippen molar-refractivity contribution in [2.75, 3.05) is 0 Å². The van der Waals surface area contributed by atoms with Gasteiger partial charge in [-0.05, 0) is 45.4 Å². The molecular weight excluding hydrogens is 261 g/mol. The van der Waals surface area contributed by atoms with Crippen molar-refractivity contribution in [2.45, 2.75) is 65.1 Å². The zero-order valence-electron chi connectivity index (χ0n) is 14.2. The van der Waals surface area contributed by atoms with E-state index in [1.807, 2.05) is 24.3 Å². The average Bonchev–Trinajstić information content (AvgIpc) is 2.55. The SMILES string of the molecule is CC(C)(C)c1cc(/C=C/B2OC(C)(C)C(C)(C)O2)ccn1. The molecule has 0 aliphatic carbocycles. The van der Waals surface area contributed by atoms with E-state index in [-0.39, 0.29) is 23.7 Å². The summed E-state index contributed by atoms with van der Waals surface area (Å²) in [6.45, 7) is 14.7. The van der Waals surface area contributed by atoms with Crippen LogP contribution in [-0.2, 0) is 14.7 Å². The Kier molecular flexibility index (Phi) is 4.07. The van der Waals surface area contributed by atoms with E-state index in [9.17, 15) is 0 Å². The predicted molar refractivity (Wildman–Crippen MR) is 88.1 cm³/mol. The van der Waals surface area contributed by atoms with Crippen LogP contribution in [0.1, 0.15) is 59.7 Å². The first-order chi connectivity index (χ1) is 9.51. The number of rotatable bonds is 2. The number of hydrogen-bond donors (Lipinski definition) is 0. The second-order valence-electron chi connectivity index (χ2n) is 7.71. The van der Waals surface area contributed by atoms with Gasteiger partial charge in [-0.2, -0.15) is 0 Å². The maximum Gasteiger partial charge on any atom is 0.487 e. The summed E-state index contributed by atoms with van der Waals surface area (Å²) in [6, 6.07) is 4.11. The third-order valence-corrected chi connectivity index (χ3v) is 4.27. The van der Waals surface area contributed by atoms with Crippen LogP contribution in [0.25, 0.3) is 6.08 Å². The van der Waals surface area contributed by atoms with Crippen molar-refractivity contribution < 1.29 is 9.31 Å². The van der Waals surface area contributed by atoms with Crippen LogP contribution < -0.4 is 0 Å². The van der Waals surface area contributed by atoms with Crippen LogP contribution in [0, 0.1) is 0 Å². The van der Waals surface area contributed by atoms with Gasteiger partial charge in [-0.15, -0.1) is 0 Å². The Morgan fingerprint density at radius 1 is 1.10 bits per heavy atom. The highest BCUT2D eigenvalue weighted by atomic mass is 16.7. The van der Waals surface area contributed by atoms with E-state index in [2.05, 4.69) is 59.5 Å². The summed E-state index contributed by atoms with van der Waals surface area (Å²) in [6.07, 6.45) is 3.89. The van der Waals surface area contributed by atoms with Crippen molar-refractivity contribution in [1.82, 2.24) is 4.98 Å². The summed E-state index contributed by atoms with van der Waals surface area (Å²) < 4.78 is 11.9. The highest BCUT2D eigenvalue weighted by Gasteiger charge is 2.49. The minimum Gasteiger partial charge on any atom is -0.400 e. The Balaban J connectivity index is 2.13. The van der Waals surface area contributed by atoms with E-state index < -0.39 is 0 Å². The average molecular weight is 287 g/mol. The summed E-state index contributed by atoms with van der Waals surface area (Å²) in [4.78, 5) is 4.44. The van der Waals surface area contributed by atoms with E-state index in [4.69, 9.17) is 9.31 Å². The molecule has 2 rings (SSSR count). The Morgan fingerprint density at radius 3 is 2.19 bits per heavy atom. The van der Waals surface area contributed by atoms with Gasteiger partial charge in [0.05, 0.1) is 11.2 Å². The van der Waals surface area contributed by atoms with Gasteiger partial charge in [0.2, 0.25) is 0 Å². The summed E-state index contributed by atoms with van der Waals surface area (Å²) in [5.41, 5.74) is 1.66. The standard InChI is InChI=1S/C17H26BNO2/c1-15(2,3)14-12-13(9-11-19-14)8-10-18-20-16(4,5)17(6,7)21-18/h8-12H,1-7H3/b10-8+. The number of nitrogens with zero attached hydrogens (tertiary/aromatic N) is 1. The first-order valence-electron chi connectivity index (χ1n) is 7.52. The number of hydrogen-bond acceptors (Lipinski definition) is 3. The maximum atomic E-state index is 5.96. The van der Waals surface area contributed by atoms with E-state index in [0.717, 1.165) is 11.3 Å². The summed E-state index contributed by atoms with van der Waals surface area (Å²) in [5, 5.41) is 0. The molecule has 3 nitrogen and oxygen atoms in total. The molecule has 0 bridgehead atoms. The summed E-state index contributed by atoms with van der Waals surface area (Å²) in [5.74, 6) is 1.97. The summed E-state index contributed by atoms with van der Waals surface area (Å²) >= 11 is 0. The molecule has 0 atom stereocenters. The van der Waals surface area contributed by atoms with Crippen LogP contribution >= 0.6 is 0 Å². The fourth-order valence-corrected chi connectivity index (χ4v) is 2.12. The normalized spacial score (nSPS) is 21.2. The molecular formula is C17H26BNO2. The van der Waals surface area contributed by atoms with E-state index >= 15 is 0 Å². The summed E-state index contributed by atoms with van der Waals surface area (Å²) in [7, 11) is -0.304. The molecule has 0 spiro atoms. The molecule has 1 aromatic rings. The van der Waals surface area contributed by atoms with Gasteiger partial charge in [-0.3, -0.25) is 4.98 Å². The third kappa shape index (κ3) is 3.56. The zero-order chi connectivity index (χ0) is 15.9. The van der Waals surface area contributed by atoms with Crippen molar-refractivity contribution in [3.8, 4) is 0 Å². The van der Waals surface area contributed by atoms with Crippen LogP contribution in [0.2, 0.25) is 0 Å². The highest BCUT2D eigenvalue weighted by molar-refractivity contribution is 6.52. The molecule has 114 valence electrons. The number of pyridine rings is 1. The quantitative estimate of drug-likeness (QED) is 0.770. The van der Waals surface area contributed by atoms with Gasteiger partial charge in [-0.1, -0.05) is 32.8 Å². The lowest BCUT2D eigenvalue weighted by atomic mass is 9.88. The van der Waals surface area contributed by atoms with Crippen LogP contribution in [0.4, 0.5) is 0 Å². The van der Waals surface area contributed by atoms with Gasteiger partial charge in [0.15, 0.2) is 0 Å². The Bertz CT molecular complexity index is 528. The van der Waals surface area contributed by atoms with E-state index in [0.29, 0.717) is 0 Å². The fourth-order valence-electron chi connectivity index (χ4n) is 2.12. The molecule has 0 saturated carbocycles.